The van der Waals surface area contributed by atoms with E-state index in [0.29, 0.717) is 0 Å². The van der Waals surface area contributed by atoms with Gasteiger partial charge in [0, 0.05) is 24.2 Å². The van der Waals surface area contributed by atoms with Crippen LogP contribution in [-0.4, -0.2) is 65.8 Å². The summed E-state index contributed by atoms with van der Waals surface area (Å²) in [4.78, 5) is 75.6. The topological polar surface area (TPSA) is 178 Å². The highest BCUT2D eigenvalue weighted by atomic mass is 16.5. The predicted octanol–water partition coefficient (Wildman–Crippen LogP) is 1.33. The smallest absolute Gasteiger partial charge is 0.407 e. The monoisotopic (exact) mass is 605 g/mol. The molecule has 0 aliphatic heterocycles. The number of ether oxygens (including phenoxy) is 2. The van der Waals surface area contributed by atoms with Gasteiger partial charge in [0.05, 0.1) is 6.61 Å². The van der Waals surface area contributed by atoms with Crippen molar-refractivity contribution in [3.05, 3.63) is 92.3 Å². The van der Waals surface area contributed by atoms with Crippen LogP contribution in [-0.2, 0) is 30.4 Å². The maximum Gasteiger partial charge on any atom is 0.407 e. The van der Waals surface area contributed by atoms with Crippen LogP contribution in [0.15, 0.2) is 64.3 Å². The van der Waals surface area contributed by atoms with Gasteiger partial charge in [0.15, 0.2) is 0 Å². The molecule has 0 unspecified atom stereocenters. The normalized spacial score (nSPS) is 12.4. The van der Waals surface area contributed by atoms with Crippen LogP contribution >= 0.6 is 0 Å². The van der Waals surface area contributed by atoms with Gasteiger partial charge in [0.2, 0.25) is 11.8 Å². The van der Waals surface area contributed by atoms with Crippen LogP contribution < -0.4 is 27.2 Å². The van der Waals surface area contributed by atoms with Gasteiger partial charge in [-0.3, -0.25) is 28.7 Å². The van der Waals surface area contributed by atoms with Crippen LogP contribution in [0.1, 0.15) is 42.4 Å². The summed E-state index contributed by atoms with van der Waals surface area (Å²) in [6.07, 6.45) is 1.00. The number of nitrogens with zero attached hydrogens (tertiary/aromatic N) is 1. The van der Waals surface area contributed by atoms with Crippen LogP contribution in [0, 0.1) is 6.92 Å². The van der Waals surface area contributed by atoms with Gasteiger partial charge in [0.1, 0.15) is 25.7 Å². The second-order valence-electron chi connectivity index (χ2n) is 10.2. The lowest BCUT2D eigenvalue weighted by Crippen LogP contribution is -2.49. The van der Waals surface area contributed by atoms with E-state index < -0.39 is 54.3 Å². The van der Waals surface area contributed by atoms with E-state index in [4.69, 9.17) is 9.47 Å². The number of carbonyl (C=O) groups excluding carboxylic acids is 4. The fourth-order valence-electron chi connectivity index (χ4n) is 5.04. The number of carbonyl (C=O) groups is 4. The molecule has 1 aromatic heterocycles. The zero-order chi connectivity index (χ0) is 31.6. The van der Waals surface area contributed by atoms with E-state index in [1.807, 2.05) is 48.5 Å². The third-order valence-electron chi connectivity index (χ3n) is 7.15. The van der Waals surface area contributed by atoms with Gasteiger partial charge in [-0.25, -0.2) is 9.59 Å². The lowest BCUT2D eigenvalue weighted by Gasteiger charge is -2.19. The van der Waals surface area contributed by atoms with Crippen molar-refractivity contribution in [1.82, 2.24) is 25.5 Å². The third kappa shape index (κ3) is 8.00. The molecule has 1 atom stereocenters. The Hall–Kier alpha value is -5.20. The Morgan fingerprint density at radius 3 is 2.27 bits per heavy atom. The van der Waals surface area contributed by atoms with Gasteiger partial charge in [0.25, 0.3) is 5.56 Å². The molecule has 2 aromatic carbocycles. The van der Waals surface area contributed by atoms with Gasteiger partial charge in [-0.1, -0.05) is 48.5 Å². The number of aryl methyl sites for hydroxylation is 1. The number of nitrogens with one attached hydrogen (secondary N) is 4. The van der Waals surface area contributed by atoms with E-state index in [1.54, 1.807) is 6.92 Å². The number of rotatable bonds is 13. The second kappa shape index (κ2) is 14.8. The highest BCUT2D eigenvalue weighted by Gasteiger charge is 2.29. The Balaban J connectivity index is 1.30. The fourth-order valence-corrected chi connectivity index (χ4v) is 5.04. The molecular formula is C31H35N5O8. The molecule has 3 amide bonds. The molecule has 13 heteroatoms. The number of amides is 3. The Kier molecular flexibility index (Phi) is 10.7. The zero-order valence-corrected chi connectivity index (χ0v) is 24.5. The molecule has 4 rings (SSSR count). The van der Waals surface area contributed by atoms with E-state index in [-0.39, 0.29) is 44.1 Å². The van der Waals surface area contributed by atoms with Crippen molar-refractivity contribution in [3.8, 4) is 11.1 Å². The average molecular weight is 606 g/mol. The molecule has 1 aliphatic rings. The van der Waals surface area contributed by atoms with Crippen molar-refractivity contribution in [2.75, 3.05) is 26.3 Å². The Labute approximate surface area is 253 Å². The van der Waals surface area contributed by atoms with E-state index in [1.165, 1.54) is 13.1 Å². The summed E-state index contributed by atoms with van der Waals surface area (Å²) in [5.41, 5.74) is 3.32. The molecule has 3 aromatic rings. The molecule has 232 valence electrons. The Morgan fingerprint density at radius 2 is 1.61 bits per heavy atom. The molecule has 4 N–H and O–H groups in total. The quantitative estimate of drug-likeness (QED) is 0.167. The number of H-pyrrole nitrogens is 1. The van der Waals surface area contributed by atoms with Crippen LogP contribution in [0.5, 0.6) is 0 Å². The van der Waals surface area contributed by atoms with Crippen molar-refractivity contribution in [2.24, 2.45) is 0 Å². The van der Waals surface area contributed by atoms with Crippen LogP contribution in [0.3, 0.4) is 0 Å². The minimum atomic E-state index is -1.08. The highest BCUT2D eigenvalue weighted by molar-refractivity contribution is 5.89. The average Bonchev–Trinajstić information content (AvgIpc) is 3.32. The van der Waals surface area contributed by atoms with Crippen LogP contribution in [0.2, 0.25) is 0 Å². The van der Waals surface area contributed by atoms with Crippen molar-refractivity contribution < 1.29 is 28.7 Å². The van der Waals surface area contributed by atoms with E-state index in [2.05, 4.69) is 20.9 Å². The first-order valence-corrected chi connectivity index (χ1v) is 14.3. The summed E-state index contributed by atoms with van der Waals surface area (Å²) in [6, 6.07) is 14.9. The maximum absolute atomic E-state index is 12.8. The second-order valence-corrected chi connectivity index (χ2v) is 10.2. The SMILES string of the molecule is CCOC(=O)CNC(=O)[C@@H](CCCNC(=O)OCC1c2ccccc2-c2ccccc21)NC(=O)Cn1cc(C)c(=O)[nH]c1=O. The number of aromatic nitrogens is 2. The van der Waals surface area contributed by atoms with Crippen molar-refractivity contribution in [1.29, 1.82) is 0 Å². The predicted molar refractivity (Wildman–Crippen MR) is 160 cm³/mol. The maximum atomic E-state index is 12.8. The fraction of sp³-hybridized carbons (Fsp3) is 0.355. The number of fused-ring (bicyclic) bond motifs is 3. The largest absolute Gasteiger partial charge is 0.465 e. The Morgan fingerprint density at radius 1 is 0.955 bits per heavy atom. The molecule has 0 spiro atoms. The summed E-state index contributed by atoms with van der Waals surface area (Å²) in [7, 11) is 0. The van der Waals surface area contributed by atoms with Gasteiger partial charge < -0.3 is 25.4 Å². The molecule has 44 heavy (non-hydrogen) atoms. The first kappa shape index (κ1) is 31.7. The first-order chi connectivity index (χ1) is 21.2. The standard InChI is InChI=1S/C31H35N5O8/c1-3-43-27(38)15-33-29(40)25(34-26(37)17-36-16-19(2)28(39)35-30(36)41)13-8-14-32-31(42)44-18-24-22-11-6-4-9-20(22)21-10-5-7-12-23(21)24/h4-7,9-12,16,24-25H,3,8,13-15,17-18H2,1-2H3,(H,32,42)(H,33,40)(H,34,37)(H,35,39,41)/t25-/m1/s1. The number of alkyl carbamates (subject to hydrolysis) is 1. The van der Waals surface area contributed by atoms with Crippen molar-refractivity contribution >= 4 is 23.9 Å². The van der Waals surface area contributed by atoms with Crippen molar-refractivity contribution in [3.63, 3.8) is 0 Å². The first-order valence-electron chi connectivity index (χ1n) is 14.3. The summed E-state index contributed by atoms with van der Waals surface area (Å²) in [5, 5.41) is 7.65. The molecule has 1 heterocycles. The summed E-state index contributed by atoms with van der Waals surface area (Å²) < 4.78 is 11.4. The summed E-state index contributed by atoms with van der Waals surface area (Å²) in [6.45, 7) is 2.72. The molecule has 13 nitrogen and oxygen atoms in total. The molecule has 0 radical (unpaired) electrons. The zero-order valence-electron chi connectivity index (χ0n) is 24.5. The van der Waals surface area contributed by atoms with E-state index in [9.17, 15) is 28.8 Å². The molecule has 0 bridgehead atoms. The molecule has 0 fully saturated rings. The lowest BCUT2D eigenvalue weighted by molar-refractivity contribution is -0.143. The highest BCUT2D eigenvalue weighted by Crippen LogP contribution is 2.44. The number of aromatic amines is 1. The number of esters is 1. The molecule has 1 aliphatic carbocycles. The van der Waals surface area contributed by atoms with Gasteiger partial charge in [-0.05, 0) is 48.9 Å². The van der Waals surface area contributed by atoms with Crippen LogP contribution in [0.4, 0.5) is 4.79 Å². The number of benzene rings is 2. The van der Waals surface area contributed by atoms with Gasteiger partial charge in [-0.15, -0.1) is 0 Å². The lowest BCUT2D eigenvalue weighted by atomic mass is 9.98. The summed E-state index contributed by atoms with van der Waals surface area (Å²) >= 11 is 0. The number of hydrogen-bond acceptors (Lipinski definition) is 8. The Bertz CT molecular complexity index is 1600. The minimum absolute atomic E-state index is 0.0884. The number of hydrogen-bond donors (Lipinski definition) is 4. The van der Waals surface area contributed by atoms with Gasteiger partial charge in [-0.2, -0.15) is 0 Å². The van der Waals surface area contributed by atoms with E-state index in [0.717, 1.165) is 26.8 Å². The van der Waals surface area contributed by atoms with Crippen molar-refractivity contribution in [2.45, 2.75) is 45.2 Å². The molecule has 0 saturated carbocycles. The minimum Gasteiger partial charge on any atom is -0.465 e. The third-order valence-corrected chi connectivity index (χ3v) is 7.15. The summed E-state index contributed by atoms with van der Waals surface area (Å²) in [5.74, 6) is -2.04. The van der Waals surface area contributed by atoms with E-state index >= 15 is 0 Å². The van der Waals surface area contributed by atoms with Crippen LogP contribution in [0.25, 0.3) is 11.1 Å². The van der Waals surface area contributed by atoms with Gasteiger partial charge >= 0.3 is 17.8 Å². The molecule has 0 saturated heterocycles. The molecular weight excluding hydrogens is 570 g/mol.